The fourth-order valence-corrected chi connectivity index (χ4v) is 2.45. The zero-order valence-corrected chi connectivity index (χ0v) is 14.1. The number of carbonyl (C=O) groups is 2. The number of pyridine rings is 1. The topological polar surface area (TPSA) is 84.6 Å². The number of rotatable bonds is 3. The van der Waals surface area contributed by atoms with Gasteiger partial charge in [0.2, 0.25) is 0 Å². The second-order valence-corrected chi connectivity index (χ2v) is 5.86. The number of para-hydroxylation sites is 1. The van der Waals surface area contributed by atoms with Crippen molar-refractivity contribution in [3.8, 4) is 0 Å². The maximum Gasteiger partial charge on any atom is 0.291 e. The van der Waals surface area contributed by atoms with E-state index in [1.807, 2.05) is 12.1 Å². The van der Waals surface area contributed by atoms with Gasteiger partial charge in [-0.15, -0.1) is 0 Å². The van der Waals surface area contributed by atoms with Crippen molar-refractivity contribution >= 4 is 28.5 Å². The molecule has 25 heavy (non-hydrogen) atoms. The molecule has 0 spiro atoms. The zero-order valence-electron chi connectivity index (χ0n) is 14.1. The van der Waals surface area contributed by atoms with Crippen LogP contribution in [0.5, 0.6) is 0 Å². The number of furan rings is 1. The minimum Gasteiger partial charge on any atom is -0.451 e. The molecule has 0 atom stereocenters. The Balaban J connectivity index is 1.95. The molecule has 7 heteroatoms. The average Bonchev–Trinajstić information content (AvgIpc) is 3.02. The van der Waals surface area contributed by atoms with Crippen LogP contribution in [0.4, 0.5) is 5.69 Å². The molecule has 0 aliphatic heterocycles. The quantitative estimate of drug-likeness (QED) is 0.792. The van der Waals surface area contributed by atoms with Gasteiger partial charge < -0.3 is 19.2 Å². The molecule has 7 nitrogen and oxygen atoms in total. The third kappa shape index (κ3) is 3.16. The van der Waals surface area contributed by atoms with Gasteiger partial charge in [0.25, 0.3) is 17.4 Å². The summed E-state index contributed by atoms with van der Waals surface area (Å²) < 4.78 is 6.75. The minimum absolute atomic E-state index is 0.0145. The lowest BCUT2D eigenvalue weighted by Crippen LogP contribution is -2.28. The molecule has 128 valence electrons. The van der Waals surface area contributed by atoms with E-state index in [1.165, 1.54) is 28.8 Å². The molecule has 2 amide bonds. The lowest BCUT2D eigenvalue weighted by Gasteiger charge is -2.13. The molecule has 0 aliphatic carbocycles. The smallest absolute Gasteiger partial charge is 0.291 e. The summed E-state index contributed by atoms with van der Waals surface area (Å²) in [5.74, 6) is -0.731. The number of fused-ring (bicyclic) bond motifs is 1. The Morgan fingerprint density at radius 3 is 2.56 bits per heavy atom. The van der Waals surface area contributed by atoms with Crippen molar-refractivity contribution in [2.75, 3.05) is 19.4 Å². The van der Waals surface area contributed by atoms with Crippen LogP contribution >= 0.6 is 0 Å². The SMILES string of the molecule is CN(C)C(=O)c1cc(NC(=O)c2cc3ccccc3o2)c(=O)n(C)c1. The van der Waals surface area contributed by atoms with Crippen LogP contribution in [0.2, 0.25) is 0 Å². The molecule has 0 radical (unpaired) electrons. The van der Waals surface area contributed by atoms with E-state index in [-0.39, 0.29) is 17.4 Å². The van der Waals surface area contributed by atoms with Crippen LogP contribution in [0, 0.1) is 0 Å². The van der Waals surface area contributed by atoms with E-state index in [1.54, 1.807) is 32.3 Å². The summed E-state index contributed by atoms with van der Waals surface area (Å²) in [6, 6.07) is 10.2. The lowest BCUT2D eigenvalue weighted by atomic mass is 10.2. The minimum atomic E-state index is -0.553. The van der Waals surface area contributed by atoms with Gasteiger partial charge in [0.15, 0.2) is 5.76 Å². The monoisotopic (exact) mass is 339 g/mol. The van der Waals surface area contributed by atoms with Crippen LogP contribution in [0.25, 0.3) is 11.0 Å². The fourth-order valence-electron chi connectivity index (χ4n) is 2.45. The molecule has 3 rings (SSSR count). The first-order chi connectivity index (χ1) is 11.9. The molecule has 1 N–H and O–H groups in total. The molecule has 2 heterocycles. The van der Waals surface area contributed by atoms with E-state index >= 15 is 0 Å². The fraction of sp³-hybridized carbons (Fsp3) is 0.167. The molecule has 0 unspecified atom stereocenters. The van der Waals surface area contributed by atoms with Gasteiger partial charge in [-0.25, -0.2) is 0 Å². The molecule has 0 saturated heterocycles. The van der Waals surface area contributed by atoms with Crippen LogP contribution in [0.3, 0.4) is 0 Å². The first-order valence-corrected chi connectivity index (χ1v) is 7.59. The summed E-state index contributed by atoms with van der Waals surface area (Å²) in [5.41, 5.74) is 0.476. The van der Waals surface area contributed by atoms with Gasteiger partial charge in [-0.1, -0.05) is 18.2 Å². The molecule has 3 aromatic rings. The third-order valence-electron chi connectivity index (χ3n) is 3.73. The van der Waals surface area contributed by atoms with Crippen molar-refractivity contribution in [3.05, 3.63) is 64.3 Å². The molecular weight excluding hydrogens is 322 g/mol. The van der Waals surface area contributed by atoms with E-state index < -0.39 is 11.5 Å². The standard InChI is InChI=1S/C18H17N3O4/c1-20(2)17(23)12-8-13(18(24)21(3)10-12)19-16(22)15-9-11-6-4-5-7-14(11)25-15/h4-10H,1-3H3,(H,19,22). The van der Waals surface area contributed by atoms with Gasteiger partial charge in [0.1, 0.15) is 11.3 Å². The van der Waals surface area contributed by atoms with Gasteiger partial charge in [-0.3, -0.25) is 14.4 Å². The zero-order chi connectivity index (χ0) is 18.1. The highest BCUT2D eigenvalue weighted by Crippen LogP contribution is 2.19. The molecule has 0 bridgehead atoms. The van der Waals surface area contributed by atoms with E-state index in [0.717, 1.165) is 5.39 Å². The number of aromatic nitrogens is 1. The lowest BCUT2D eigenvalue weighted by molar-refractivity contribution is 0.0826. The maximum atomic E-state index is 12.4. The van der Waals surface area contributed by atoms with Gasteiger partial charge in [0, 0.05) is 32.7 Å². The third-order valence-corrected chi connectivity index (χ3v) is 3.73. The molecule has 0 aliphatic rings. The Morgan fingerprint density at radius 2 is 1.88 bits per heavy atom. The van der Waals surface area contributed by atoms with E-state index in [2.05, 4.69) is 5.32 Å². The number of aryl methyl sites for hydroxylation is 1. The first-order valence-electron chi connectivity index (χ1n) is 7.59. The summed E-state index contributed by atoms with van der Waals surface area (Å²) >= 11 is 0. The van der Waals surface area contributed by atoms with Crippen LogP contribution in [-0.2, 0) is 7.05 Å². The second-order valence-electron chi connectivity index (χ2n) is 5.86. The first kappa shape index (κ1) is 16.5. The Morgan fingerprint density at radius 1 is 1.16 bits per heavy atom. The number of amides is 2. The number of carbonyl (C=O) groups excluding carboxylic acids is 2. The summed E-state index contributed by atoms with van der Waals surface area (Å²) in [7, 11) is 4.74. The van der Waals surface area contributed by atoms with Crippen LogP contribution < -0.4 is 10.9 Å². The highest BCUT2D eigenvalue weighted by Gasteiger charge is 2.17. The van der Waals surface area contributed by atoms with Crippen molar-refractivity contribution in [2.45, 2.75) is 0 Å². The van der Waals surface area contributed by atoms with Crippen molar-refractivity contribution in [1.82, 2.24) is 9.47 Å². The molecule has 0 fully saturated rings. The maximum absolute atomic E-state index is 12.4. The molecule has 1 aromatic carbocycles. The van der Waals surface area contributed by atoms with E-state index in [0.29, 0.717) is 11.1 Å². The summed E-state index contributed by atoms with van der Waals surface area (Å²) in [6.45, 7) is 0. The number of anilines is 1. The second kappa shape index (κ2) is 6.27. The number of nitrogens with one attached hydrogen (secondary N) is 1. The number of hydrogen-bond donors (Lipinski definition) is 1. The van der Waals surface area contributed by atoms with Crippen LogP contribution in [0.15, 0.2) is 51.8 Å². The van der Waals surface area contributed by atoms with Gasteiger partial charge >= 0.3 is 0 Å². The molecule has 2 aromatic heterocycles. The van der Waals surface area contributed by atoms with Crippen molar-refractivity contribution in [3.63, 3.8) is 0 Å². The van der Waals surface area contributed by atoms with Crippen LogP contribution in [-0.4, -0.2) is 35.4 Å². The highest BCUT2D eigenvalue weighted by molar-refractivity contribution is 6.05. The normalized spacial score (nSPS) is 10.7. The average molecular weight is 339 g/mol. The molecular formula is C18H17N3O4. The summed E-state index contributed by atoms with van der Waals surface area (Å²) in [4.78, 5) is 38.2. The van der Waals surface area contributed by atoms with E-state index in [9.17, 15) is 14.4 Å². The number of nitrogens with zero attached hydrogens (tertiary/aromatic N) is 2. The van der Waals surface area contributed by atoms with Gasteiger partial charge in [-0.05, 0) is 18.2 Å². The predicted octanol–water partition coefficient (Wildman–Crippen LogP) is 2.09. The number of benzene rings is 1. The Bertz CT molecular complexity index is 997. The largest absolute Gasteiger partial charge is 0.451 e. The highest BCUT2D eigenvalue weighted by atomic mass is 16.3. The van der Waals surface area contributed by atoms with Gasteiger partial charge in [0.05, 0.1) is 5.56 Å². The summed E-state index contributed by atoms with van der Waals surface area (Å²) in [6.07, 6.45) is 1.43. The predicted molar refractivity (Wildman–Crippen MR) is 93.9 cm³/mol. The Labute approximate surface area is 143 Å². The molecule has 0 saturated carbocycles. The van der Waals surface area contributed by atoms with E-state index in [4.69, 9.17) is 4.42 Å². The van der Waals surface area contributed by atoms with Crippen molar-refractivity contribution in [2.24, 2.45) is 7.05 Å². The Kier molecular flexibility index (Phi) is 4.14. The van der Waals surface area contributed by atoms with Crippen molar-refractivity contribution in [1.29, 1.82) is 0 Å². The van der Waals surface area contributed by atoms with Crippen molar-refractivity contribution < 1.29 is 14.0 Å². The van der Waals surface area contributed by atoms with Crippen LogP contribution in [0.1, 0.15) is 20.9 Å². The Hall–Kier alpha value is -3.35. The summed E-state index contributed by atoms with van der Waals surface area (Å²) in [5, 5.41) is 3.31. The number of hydrogen-bond acceptors (Lipinski definition) is 4. The van der Waals surface area contributed by atoms with Gasteiger partial charge in [-0.2, -0.15) is 0 Å².